The van der Waals surface area contributed by atoms with Gasteiger partial charge in [-0.3, -0.25) is 0 Å². The molecule has 0 aromatic heterocycles. The Labute approximate surface area is 199 Å². The van der Waals surface area contributed by atoms with E-state index in [1.807, 2.05) is 0 Å². The van der Waals surface area contributed by atoms with Crippen LogP contribution in [0.15, 0.2) is 24.3 Å². The second-order valence-corrected chi connectivity index (χ2v) is 7.13. The first-order valence-corrected chi connectivity index (χ1v) is 10.5. The van der Waals surface area contributed by atoms with Crippen LogP contribution in [0.4, 0.5) is 0 Å². The van der Waals surface area contributed by atoms with E-state index < -0.39 is 12.2 Å². The summed E-state index contributed by atoms with van der Waals surface area (Å²) < 4.78 is 43.8. The first-order valence-electron chi connectivity index (χ1n) is 10.5. The lowest BCUT2D eigenvalue weighted by Crippen LogP contribution is -2.37. The molecule has 190 valence electrons. The number of aliphatic hydroxyl groups excluding tert-OH is 2. The normalized spacial score (nSPS) is 12.6. The molecule has 0 amide bonds. The fourth-order valence-electron chi connectivity index (χ4n) is 3.40. The Kier molecular flexibility index (Phi) is 11.0. The standard InChI is InChI=1S/C24H34O10/c1-27-17-7-15(8-18(28-2)23(17)31-5)13-33-21(11-25)22(12-26)34-14-16-9-19(29-3)24(32-6)20(10-16)30-4/h7-10,21-22,25-26H,11-14H2,1-6H3/t21-,22-/m0/s1. The molecule has 0 aliphatic heterocycles. The Hall–Kier alpha value is -2.92. The van der Waals surface area contributed by atoms with Crippen LogP contribution in [0, 0.1) is 0 Å². The van der Waals surface area contributed by atoms with Gasteiger partial charge >= 0.3 is 0 Å². The summed E-state index contributed by atoms with van der Waals surface area (Å²) in [6.45, 7) is -0.478. The predicted molar refractivity (Wildman–Crippen MR) is 124 cm³/mol. The average Bonchev–Trinajstić information content (AvgIpc) is 2.88. The minimum Gasteiger partial charge on any atom is -0.493 e. The lowest BCUT2D eigenvalue weighted by atomic mass is 10.1. The second-order valence-electron chi connectivity index (χ2n) is 7.13. The van der Waals surface area contributed by atoms with Crippen molar-refractivity contribution in [1.29, 1.82) is 0 Å². The van der Waals surface area contributed by atoms with Crippen LogP contribution in [-0.2, 0) is 22.7 Å². The third kappa shape index (κ3) is 6.57. The zero-order chi connectivity index (χ0) is 25.1. The van der Waals surface area contributed by atoms with Crippen LogP contribution >= 0.6 is 0 Å². The summed E-state index contributed by atoms with van der Waals surface area (Å²) in [5.74, 6) is 2.87. The highest BCUT2D eigenvalue weighted by Crippen LogP contribution is 2.39. The summed E-state index contributed by atoms with van der Waals surface area (Å²) >= 11 is 0. The summed E-state index contributed by atoms with van der Waals surface area (Å²) in [6.07, 6.45) is -1.57. The summed E-state index contributed by atoms with van der Waals surface area (Å²) in [7, 11) is 9.15. The molecule has 0 heterocycles. The van der Waals surface area contributed by atoms with Crippen molar-refractivity contribution in [3.63, 3.8) is 0 Å². The van der Waals surface area contributed by atoms with Crippen LogP contribution in [0.3, 0.4) is 0 Å². The topological polar surface area (TPSA) is 114 Å². The molecule has 2 aromatic rings. The predicted octanol–water partition coefficient (Wildman–Crippen LogP) is 2.19. The Morgan fingerprint density at radius 2 is 0.824 bits per heavy atom. The molecule has 0 saturated heterocycles. The minimum absolute atomic E-state index is 0.117. The molecule has 2 N–H and O–H groups in total. The molecule has 10 nitrogen and oxygen atoms in total. The first-order chi connectivity index (χ1) is 16.5. The van der Waals surface area contributed by atoms with Crippen molar-refractivity contribution < 1.29 is 48.1 Å². The van der Waals surface area contributed by atoms with Gasteiger partial charge in [0.1, 0.15) is 12.2 Å². The SMILES string of the molecule is COc1cc(CO[C@@H](CO)[C@H](CO)OCc2cc(OC)c(OC)c(OC)c2)cc(OC)c1OC. The van der Waals surface area contributed by atoms with Crippen LogP contribution in [0.1, 0.15) is 11.1 Å². The number of hydrogen-bond donors (Lipinski definition) is 2. The Balaban J connectivity index is 2.11. The Morgan fingerprint density at radius 3 is 1.03 bits per heavy atom. The number of rotatable bonds is 15. The summed E-state index contributed by atoms with van der Waals surface area (Å²) in [4.78, 5) is 0. The van der Waals surface area contributed by atoms with Gasteiger partial charge in [0.15, 0.2) is 23.0 Å². The molecule has 0 unspecified atom stereocenters. The second kappa shape index (κ2) is 13.7. The highest BCUT2D eigenvalue weighted by Gasteiger charge is 2.24. The molecule has 0 saturated carbocycles. The van der Waals surface area contributed by atoms with Crippen LogP contribution in [-0.4, -0.2) is 78.3 Å². The lowest BCUT2D eigenvalue weighted by molar-refractivity contribution is -0.119. The monoisotopic (exact) mass is 482 g/mol. The van der Waals surface area contributed by atoms with Crippen molar-refractivity contribution >= 4 is 0 Å². The fraction of sp³-hybridized carbons (Fsp3) is 0.500. The number of benzene rings is 2. The maximum absolute atomic E-state index is 9.88. The molecular formula is C24H34O10. The van der Waals surface area contributed by atoms with Crippen molar-refractivity contribution in [3.8, 4) is 34.5 Å². The molecule has 0 aliphatic carbocycles. The molecular weight excluding hydrogens is 448 g/mol. The fourth-order valence-corrected chi connectivity index (χ4v) is 3.40. The maximum atomic E-state index is 9.88. The van der Waals surface area contributed by atoms with Gasteiger partial charge in [0.25, 0.3) is 0 Å². The van der Waals surface area contributed by atoms with E-state index in [9.17, 15) is 10.2 Å². The van der Waals surface area contributed by atoms with E-state index >= 15 is 0 Å². The summed E-state index contributed by atoms with van der Waals surface area (Å²) in [5.41, 5.74) is 1.46. The van der Waals surface area contributed by atoms with E-state index in [4.69, 9.17) is 37.9 Å². The van der Waals surface area contributed by atoms with Crippen LogP contribution in [0.25, 0.3) is 0 Å². The zero-order valence-corrected chi connectivity index (χ0v) is 20.5. The van der Waals surface area contributed by atoms with Crippen molar-refractivity contribution in [2.45, 2.75) is 25.4 Å². The number of methoxy groups -OCH3 is 6. The van der Waals surface area contributed by atoms with Crippen LogP contribution < -0.4 is 28.4 Å². The zero-order valence-electron chi connectivity index (χ0n) is 20.5. The van der Waals surface area contributed by atoms with Gasteiger partial charge in [-0.1, -0.05) is 0 Å². The summed E-state index contributed by atoms with van der Waals surface area (Å²) in [5, 5.41) is 19.8. The molecule has 2 atom stereocenters. The first kappa shape index (κ1) is 27.3. The van der Waals surface area contributed by atoms with Crippen molar-refractivity contribution in [3.05, 3.63) is 35.4 Å². The van der Waals surface area contributed by atoms with Crippen molar-refractivity contribution in [2.75, 3.05) is 55.9 Å². The van der Waals surface area contributed by atoms with Crippen LogP contribution in [0.2, 0.25) is 0 Å². The van der Waals surface area contributed by atoms with Gasteiger partial charge in [0.05, 0.1) is 69.1 Å². The van der Waals surface area contributed by atoms with Gasteiger partial charge in [0.2, 0.25) is 11.5 Å². The summed E-state index contributed by atoms with van der Waals surface area (Å²) in [6, 6.07) is 7.00. The molecule has 0 radical (unpaired) electrons. The van der Waals surface area contributed by atoms with Gasteiger partial charge in [0, 0.05) is 0 Å². The third-order valence-electron chi connectivity index (χ3n) is 5.15. The van der Waals surface area contributed by atoms with Crippen molar-refractivity contribution in [1.82, 2.24) is 0 Å². The van der Waals surface area contributed by atoms with Gasteiger partial charge in [-0.15, -0.1) is 0 Å². The largest absolute Gasteiger partial charge is 0.493 e. The third-order valence-corrected chi connectivity index (χ3v) is 5.15. The smallest absolute Gasteiger partial charge is 0.203 e. The molecule has 2 aromatic carbocycles. The van der Waals surface area contributed by atoms with E-state index in [-0.39, 0.29) is 26.4 Å². The number of ether oxygens (including phenoxy) is 8. The molecule has 2 rings (SSSR count). The van der Waals surface area contributed by atoms with E-state index in [0.29, 0.717) is 34.5 Å². The van der Waals surface area contributed by atoms with Gasteiger partial charge in [-0.25, -0.2) is 0 Å². The van der Waals surface area contributed by atoms with E-state index in [1.54, 1.807) is 24.3 Å². The quantitative estimate of drug-likeness (QED) is 0.392. The molecule has 0 aliphatic rings. The average molecular weight is 483 g/mol. The maximum Gasteiger partial charge on any atom is 0.203 e. The highest BCUT2D eigenvalue weighted by atomic mass is 16.6. The Morgan fingerprint density at radius 1 is 0.529 bits per heavy atom. The van der Waals surface area contributed by atoms with E-state index in [2.05, 4.69) is 0 Å². The van der Waals surface area contributed by atoms with Crippen molar-refractivity contribution in [2.24, 2.45) is 0 Å². The van der Waals surface area contributed by atoms with E-state index in [0.717, 1.165) is 11.1 Å². The van der Waals surface area contributed by atoms with E-state index in [1.165, 1.54) is 42.7 Å². The van der Waals surface area contributed by atoms with Gasteiger partial charge < -0.3 is 48.1 Å². The van der Waals surface area contributed by atoms with Crippen LogP contribution in [0.5, 0.6) is 34.5 Å². The molecule has 10 heteroatoms. The highest BCUT2D eigenvalue weighted by molar-refractivity contribution is 5.54. The minimum atomic E-state index is -0.786. The Bertz CT molecular complexity index is 778. The van der Waals surface area contributed by atoms with Gasteiger partial charge in [-0.2, -0.15) is 0 Å². The molecule has 0 fully saturated rings. The van der Waals surface area contributed by atoms with Gasteiger partial charge in [-0.05, 0) is 35.4 Å². The number of hydrogen-bond acceptors (Lipinski definition) is 10. The number of aliphatic hydroxyl groups is 2. The molecule has 0 bridgehead atoms. The lowest BCUT2D eigenvalue weighted by Gasteiger charge is -2.25. The molecule has 34 heavy (non-hydrogen) atoms. The molecule has 0 spiro atoms.